The number of fused-ring (bicyclic) bond motifs is 1. The van der Waals surface area contributed by atoms with E-state index in [2.05, 4.69) is 10.6 Å². The van der Waals surface area contributed by atoms with Crippen LogP contribution in [0.25, 0.3) is 0 Å². The van der Waals surface area contributed by atoms with Crippen LogP contribution in [0.1, 0.15) is 19.3 Å². The molecule has 1 aromatic rings. The van der Waals surface area contributed by atoms with Crippen LogP contribution in [0.2, 0.25) is 0 Å². The van der Waals surface area contributed by atoms with E-state index in [0.29, 0.717) is 13.1 Å². The third kappa shape index (κ3) is 3.29. The van der Waals surface area contributed by atoms with E-state index >= 15 is 0 Å². The van der Waals surface area contributed by atoms with E-state index in [-0.39, 0.29) is 18.1 Å². The van der Waals surface area contributed by atoms with Crippen LogP contribution in [0.5, 0.6) is 0 Å². The molecule has 1 aromatic carbocycles. The van der Waals surface area contributed by atoms with Crippen LogP contribution in [0.3, 0.4) is 0 Å². The molecule has 2 atom stereocenters. The lowest BCUT2D eigenvalue weighted by atomic mass is 10.1. The van der Waals surface area contributed by atoms with E-state index in [1.807, 2.05) is 31.3 Å². The van der Waals surface area contributed by atoms with Crippen molar-refractivity contribution >= 4 is 17.3 Å². The van der Waals surface area contributed by atoms with Crippen LogP contribution in [0.15, 0.2) is 24.3 Å². The van der Waals surface area contributed by atoms with Crippen LogP contribution < -0.4 is 10.6 Å². The Morgan fingerprint density at radius 1 is 1.33 bits per heavy atom. The minimum absolute atomic E-state index is 0.117. The molecule has 0 bridgehead atoms. The van der Waals surface area contributed by atoms with Gasteiger partial charge in [-0.2, -0.15) is 0 Å². The highest BCUT2D eigenvalue weighted by Gasteiger charge is 2.27. The van der Waals surface area contributed by atoms with Gasteiger partial charge in [-0.3, -0.25) is 4.79 Å². The first-order chi connectivity index (χ1) is 10.2. The van der Waals surface area contributed by atoms with Gasteiger partial charge in [-0.25, -0.2) is 0 Å². The summed E-state index contributed by atoms with van der Waals surface area (Å²) in [6, 6.07) is 7.75. The Morgan fingerprint density at radius 2 is 2.14 bits per heavy atom. The maximum atomic E-state index is 12.5. The molecule has 1 amide bonds. The third-order valence-electron chi connectivity index (χ3n) is 4.18. The van der Waals surface area contributed by atoms with Gasteiger partial charge in [-0.05, 0) is 31.4 Å². The summed E-state index contributed by atoms with van der Waals surface area (Å²) >= 11 is 0. The van der Waals surface area contributed by atoms with Gasteiger partial charge in [-0.15, -0.1) is 0 Å². The molecule has 0 spiro atoms. The zero-order chi connectivity index (χ0) is 14.7. The van der Waals surface area contributed by atoms with Crippen molar-refractivity contribution in [2.24, 2.45) is 0 Å². The van der Waals surface area contributed by atoms with Crippen LogP contribution in [-0.2, 0) is 9.53 Å². The van der Waals surface area contributed by atoms with Gasteiger partial charge in [0.1, 0.15) is 6.04 Å². The van der Waals surface area contributed by atoms with Gasteiger partial charge in [0.15, 0.2) is 0 Å². The number of hydrogen-bond donors (Lipinski definition) is 2. The summed E-state index contributed by atoms with van der Waals surface area (Å²) in [5, 5.41) is 6.63. The summed E-state index contributed by atoms with van der Waals surface area (Å²) in [6.07, 6.45) is 3.58. The molecule has 5 nitrogen and oxygen atoms in total. The fourth-order valence-electron chi connectivity index (χ4n) is 2.98. The Morgan fingerprint density at radius 3 is 2.90 bits per heavy atom. The van der Waals surface area contributed by atoms with Gasteiger partial charge in [0.2, 0.25) is 5.91 Å². The monoisotopic (exact) mass is 289 g/mol. The van der Waals surface area contributed by atoms with E-state index < -0.39 is 0 Å². The summed E-state index contributed by atoms with van der Waals surface area (Å²) < 4.78 is 5.71. The van der Waals surface area contributed by atoms with Crippen LogP contribution >= 0.6 is 0 Å². The van der Waals surface area contributed by atoms with E-state index in [9.17, 15) is 4.79 Å². The number of hydrogen-bond acceptors (Lipinski definition) is 4. The third-order valence-corrected chi connectivity index (χ3v) is 4.18. The lowest BCUT2D eigenvalue weighted by molar-refractivity contribution is -0.132. The highest BCUT2D eigenvalue weighted by molar-refractivity contribution is 5.88. The van der Waals surface area contributed by atoms with Crippen molar-refractivity contribution in [2.45, 2.75) is 31.4 Å². The summed E-state index contributed by atoms with van der Waals surface area (Å²) in [7, 11) is 1.86. The van der Waals surface area contributed by atoms with Gasteiger partial charge in [0.25, 0.3) is 0 Å². The molecular weight excluding hydrogens is 266 g/mol. The highest BCUT2D eigenvalue weighted by Crippen LogP contribution is 2.25. The second-order valence-electron chi connectivity index (χ2n) is 5.83. The molecule has 2 aliphatic rings. The molecule has 21 heavy (non-hydrogen) atoms. The number of rotatable bonds is 3. The molecule has 0 saturated carbocycles. The van der Waals surface area contributed by atoms with E-state index in [4.69, 9.17) is 4.74 Å². The fourth-order valence-corrected chi connectivity index (χ4v) is 2.98. The summed E-state index contributed by atoms with van der Waals surface area (Å²) in [4.78, 5) is 14.3. The lowest BCUT2D eigenvalue weighted by Gasteiger charge is -2.33. The molecule has 2 aliphatic heterocycles. The van der Waals surface area contributed by atoms with E-state index in [1.165, 1.54) is 6.42 Å². The average molecular weight is 289 g/mol. The molecule has 0 aromatic heterocycles. The quantitative estimate of drug-likeness (QED) is 0.892. The molecule has 2 heterocycles. The number of benzene rings is 1. The van der Waals surface area contributed by atoms with Crippen LogP contribution in [0, 0.1) is 0 Å². The molecule has 114 valence electrons. The number of anilines is 2. The zero-order valence-electron chi connectivity index (χ0n) is 12.5. The maximum absolute atomic E-state index is 12.5. The predicted molar refractivity (Wildman–Crippen MR) is 83.6 cm³/mol. The van der Waals surface area contributed by atoms with Crippen molar-refractivity contribution < 1.29 is 9.53 Å². The number of carbonyl (C=O) groups excluding carboxylic acids is 1. The van der Waals surface area contributed by atoms with E-state index in [0.717, 1.165) is 30.8 Å². The number of nitrogens with one attached hydrogen (secondary N) is 2. The number of carbonyl (C=O) groups is 1. The topological polar surface area (TPSA) is 53.6 Å². The molecule has 0 radical (unpaired) electrons. The Balaban J connectivity index is 1.58. The molecular formula is C16H23N3O2. The van der Waals surface area contributed by atoms with Crippen molar-refractivity contribution in [1.82, 2.24) is 4.90 Å². The Hall–Kier alpha value is -1.75. The first-order valence-electron chi connectivity index (χ1n) is 7.70. The second kappa shape index (κ2) is 6.35. The smallest absolute Gasteiger partial charge is 0.246 e. The number of amides is 1. The number of nitrogens with zero attached hydrogens (tertiary/aromatic N) is 1. The number of para-hydroxylation sites is 2. The Bertz CT molecular complexity index is 500. The van der Waals surface area contributed by atoms with Crippen molar-refractivity contribution in [2.75, 3.05) is 37.4 Å². The highest BCUT2D eigenvalue weighted by atomic mass is 16.5. The van der Waals surface area contributed by atoms with Gasteiger partial charge in [0.05, 0.1) is 17.5 Å². The number of likely N-dealkylation sites (N-methyl/N-ethyl adjacent to an activating group) is 1. The standard InChI is InChI=1S/C16H23N3O2/c1-19(11-12-6-4-5-9-21-12)16(20)15-10-17-13-7-2-3-8-14(13)18-15/h2-3,7-8,12,15,17-18H,4-6,9-11H2,1H3. The minimum atomic E-state index is -0.214. The fraction of sp³-hybridized carbons (Fsp3) is 0.562. The van der Waals surface area contributed by atoms with Crippen molar-refractivity contribution in [3.05, 3.63) is 24.3 Å². The Labute approximate surface area is 125 Å². The van der Waals surface area contributed by atoms with Crippen molar-refractivity contribution in [3.8, 4) is 0 Å². The first-order valence-corrected chi connectivity index (χ1v) is 7.70. The minimum Gasteiger partial charge on any atom is -0.381 e. The van der Waals surface area contributed by atoms with Crippen molar-refractivity contribution in [3.63, 3.8) is 0 Å². The van der Waals surface area contributed by atoms with Crippen LogP contribution in [0.4, 0.5) is 11.4 Å². The lowest BCUT2D eigenvalue weighted by Crippen LogP contribution is -2.49. The number of ether oxygens (including phenoxy) is 1. The molecule has 0 aliphatic carbocycles. The predicted octanol–water partition coefficient (Wildman–Crippen LogP) is 1.92. The summed E-state index contributed by atoms with van der Waals surface area (Å²) in [6.45, 7) is 2.12. The second-order valence-corrected chi connectivity index (χ2v) is 5.83. The van der Waals surface area contributed by atoms with Gasteiger partial charge < -0.3 is 20.3 Å². The van der Waals surface area contributed by atoms with Gasteiger partial charge in [0, 0.05) is 26.7 Å². The first kappa shape index (κ1) is 14.2. The molecule has 2 N–H and O–H groups in total. The zero-order valence-corrected chi connectivity index (χ0v) is 12.5. The maximum Gasteiger partial charge on any atom is 0.246 e. The van der Waals surface area contributed by atoms with Gasteiger partial charge in [-0.1, -0.05) is 12.1 Å². The molecule has 3 rings (SSSR count). The largest absolute Gasteiger partial charge is 0.381 e. The molecule has 5 heteroatoms. The molecule has 2 unspecified atom stereocenters. The van der Waals surface area contributed by atoms with Gasteiger partial charge >= 0.3 is 0 Å². The normalized spacial score (nSPS) is 24.4. The summed E-state index contributed by atoms with van der Waals surface area (Å²) in [5.74, 6) is 0.117. The van der Waals surface area contributed by atoms with E-state index in [1.54, 1.807) is 4.90 Å². The van der Waals surface area contributed by atoms with Crippen molar-refractivity contribution in [1.29, 1.82) is 0 Å². The molecule has 1 fully saturated rings. The molecule has 1 saturated heterocycles. The Kier molecular flexibility index (Phi) is 4.29. The van der Waals surface area contributed by atoms with Crippen LogP contribution in [-0.4, -0.2) is 49.7 Å². The summed E-state index contributed by atoms with van der Waals surface area (Å²) in [5.41, 5.74) is 2.05. The average Bonchev–Trinajstić information content (AvgIpc) is 2.54. The SMILES string of the molecule is CN(CC1CCCCO1)C(=O)C1CNc2ccccc2N1.